The SMILES string of the molecule is C#CCCC1(CCC(=O)N2CCC(C3CCCCC3C(=O)O)CC2)N=N1. The molecule has 3 rings (SSSR count). The van der Waals surface area contributed by atoms with Gasteiger partial charge in [0, 0.05) is 38.8 Å². The van der Waals surface area contributed by atoms with E-state index in [4.69, 9.17) is 6.42 Å². The van der Waals surface area contributed by atoms with Crippen LogP contribution >= 0.6 is 0 Å². The van der Waals surface area contributed by atoms with Crippen LogP contribution in [0.2, 0.25) is 0 Å². The van der Waals surface area contributed by atoms with Crippen LogP contribution in [0, 0.1) is 30.1 Å². The van der Waals surface area contributed by atoms with Gasteiger partial charge in [-0.2, -0.15) is 10.2 Å². The van der Waals surface area contributed by atoms with Crippen molar-refractivity contribution in [3.05, 3.63) is 0 Å². The molecule has 26 heavy (non-hydrogen) atoms. The van der Waals surface area contributed by atoms with Crippen molar-refractivity contribution in [2.24, 2.45) is 28.0 Å². The minimum Gasteiger partial charge on any atom is -0.481 e. The summed E-state index contributed by atoms with van der Waals surface area (Å²) in [4.78, 5) is 26.0. The molecule has 2 aliphatic heterocycles. The molecule has 2 unspecified atom stereocenters. The van der Waals surface area contributed by atoms with E-state index in [0.29, 0.717) is 25.2 Å². The van der Waals surface area contributed by atoms with Gasteiger partial charge in [-0.3, -0.25) is 9.59 Å². The zero-order chi connectivity index (χ0) is 18.6. The average molecular weight is 359 g/mol. The Morgan fingerprint density at radius 2 is 1.81 bits per heavy atom. The van der Waals surface area contributed by atoms with E-state index in [1.807, 2.05) is 4.90 Å². The Morgan fingerprint density at radius 1 is 1.12 bits per heavy atom. The minimum absolute atomic E-state index is 0.166. The molecule has 2 fully saturated rings. The highest BCUT2D eigenvalue weighted by Crippen LogP contribution is 2.40. The number of hydrogen-bond acceptors (Lipinski definition) is 4. The van der Waals surface area contributed by atoms with E-state index >= 15 is 0 Å². The second-order valence-corrected chi connectivity index (χ2v) is 8.00. The summed E-state index contributed by atoms with van der Waals surface area (Å²) >= 11 is 0. The first-order valence-electron chi connectivity index (χ1n) is 9.93. The number of carbonyl (C=O) groups excluding carboxylic acids is 1. The molecule has 3 aliphatic rings. The number of aliphatic carboxylic acids is 1. The molecule has 2 atom stereocenters. The van der Waals surface area contributed by atoms with Crippen LogP contribution in [0.1, 0.15) is 64.2 Å². The molecule has 1 saturated heterocycles. The van der Waals surface area contributed by atoms with Crippen LogP contribution in [0.15, 0.2) is 10.2 Å². The zero-order valence-corrected chi connectivity index (χ0v) is 15.4. The fourth-order valence-electron chi connectivity index (χ4n) is 4.74. The van der Waals surface area contributed by atoms with Crippen LogP contribution < -0.4 is 0 Å². The smallest absolute Gasteiger partial charge is 0.306 e. The van der Waals surface area contributed by atoms with Crippen molar-refractivity contribution < 1.29 is 14.7 Å². The quantitative estimate of drug-likeness (QED) is 0.707. The van der Waals surface area contributed by atoms with Crippen molar-refractivity contribution in [1.82, 2.24) is 4.90 Å². The molecule has 0 spiro atoms. The number of carboxylic acid groups (broad SMARTS) is 1. The summed E-state index contributed by atoms with van der Waals surface area (Å²) in [5, 5.41) is 17.7. The second-order valence-electron chi connectivity index (χ2n) is 8.00. The van der Waals surface area contributed by atoms with E-state index in [1.54, 1.807) is 0 Å². The highest BCUT2D eigenvalue weighted by molar-refractivity contribution is 5.76. The lowest BCUT2D eigenvalue weighted by Crippen LogP contribution is -2.43. The first kappa shape index (κ1) is 18.9. The van der Waals surface area contributed by atoms with Crippen LogP contribution in [0.3, 0.4) is 0 Å². The highest BCUT2D eigenvalue weighted by atomic mass is 16.4. The van der Waals surface area contributed by atoms with E-state index in [-0.39, 0.29) is 17.7 Å². The maximum absolute atomic E-state index is 12.5. The number of rotatable bonds is 7. The lowest BCUT2D eigenvalue weighted by Gasteiger charge is -2.40. The zero-order valence-electron chi connectivity index (χ0n) is 15.4. The van der Waals surface area contributed by atoms with Crippen molar-refractivity contribution in [2.75, 3.05) is 13.1 Å². The van der Waals surface area contributed by atoms with Gasteiger partial charge in [0.15, 0.2) is 5.66 Å². The molecule has 1 amide bonds. The van der Waals surface area contributed by atoms with Gasteiger partial charge < -0.3 is 10.0 Å². The lowest BCUT2D eigenvalue weighted by atomic mass is 9.69. The number of hydrogen-bond donors (Lipinski definition) is 1. The van der Waals surface area contributed by atoms with Crippen molar-refractivity contribution in [1.29, 1.82) is 0 Å². The molecular weight excluding hydrogens is 330 g/mol. The Hall–Kier alpha value is -1.90. The molecule has 142 valence electrons. The molecular formula is C20H29N3O3. The summed E-state index contributed by atoms with van der Waals surface area (Å²) in [7, 11) is 0. The van der Waals surface area contributed by atoms with Crippen LogP contribution in [-0.2, 0) is 9.59 Å². The molecule has 6 nitrogen and oxygen atoms in total. The van der Waals surface area contributed by atoms with Gasteiger partial charge in [-0.1, -0.05) is 12.8 Å². The fraction of sp³-hybridized carbons (Fsp3) is 0.800. The summed E-state index contributed by atoms with van der Waals surface area (Å²) in [6.45, 7) is 1.50. The predicted octanol–water partition coefficient (Wildman–Crippen LogP) is 3.47. The van der Waals surface area contributed by atoms with E-state index in [9.17, 15) is 14.7 Å². The summed E-state index contributed by atoms with van der Waals surface area (Å²) in [5.74, 6) is 2.67. The van der Waals surface area contributed by atoms with Gasteiger partial charge in [-0.05, 0) is 37.5 Å². The molecule has 6 heteroatoms. The Balaban J connectivity index is 1.44. The first-order chi connectivity index (χ1) is 12.5. The maximum Gasteiger partial charge on any atom is 0.306 e. The lowest BCUT2D eigenvalue weighted by molar-refractivity contribution is -0.147. The third-order valence-corrected chi connectivity index (χ3v) is 6.43. The standard InChI is InChI=1S/C20H29N3O3/c1-2-3-11-20(21-22-20)12-8-18(24)23-13-9-15(10-14-23)16-6-4-5-7-17(16)19(25)26/h1,15-17H,3-14H2,(H,25,26). The first-order valence-corrected chi connectivity index (χ1v) is 9.93. The number of nitrogens with zero attached hydrogens (tertiary/aromatic N) is 3. The van der Waals surface area contributed by atoms with Crippen molar-refractivity contribution in [3.8, 4) is 12.3 Å². The van der Waals surface area contributed by atoms with Gasteiger partial charge in [-0.15, -0.1) is 12.3 Å². The molecule has 1 N–H and O–H groups in total. The number of terminal acetylenes is 1. The van der Waals surface area contributed by atoms with Crippen molar-refractivity contribution in [2.45, 2.75) is 69.9 Å². The molecule has 0 aromatic carbocycles. The van der Waals surface area contributed by atoms with Gasteiger partial charge in [0.05, 0.1) is 5.92 Å². The molecule has 0 aromatic heterocycles. The average Bonchev–Trinajstić information content (AvgIpc) is 3.45. The summed E-state index contributed by atoms with van der Waals surface area (Å²) < 4.78 is 0. The van der Waals surface area contributed by atoms with Gasteiger partial charge >= 0.3 is 5.97 Å². The van der Waals surface area contributed by atoms with Crippen molar-refractivity contribution >= 4 is 11.9 Å². The van der Waals surface area contributed by atoms with E-state index in [0.717, 1.165) is 58.0 Å². The van der Waals surface area contributed by atoms with Crippen LogP contribution in [0.5, 0.6) is 0 Å². The fourth-order valence-corrected chi connectivity index (χ4v) is 4.74. The summed E-state index contributed by atoms with van der Waals surface area (Å²) in [6.07, 6.45) is 13.6. The van der Waals surface area contributed by atoms with E-state index < -0.39 is 11.6 Å². The second kappa shape index (κ2) is 8.20. The number of likely N-dealkylation sites (tertiary alicyclic amines) is 1. The van der Waals surface area contributed by atoms with Gasteiger partial charge in [-0.25, -0.2) is 0 Å². The minimum atomic E-state index is -0.637. The Bertz CT molecular complexity index is 596. The molecule has 0 aromatic rings. The third kappa shape index (κ3) is 4.44. The Kier molecular flexibility index (Phi) is 5.95. The van der Waals surface area contributed by atoms with Gasteiger partial charge in [0.1, 0.15) is 0 Å². The predicted molar refractivity (Wildman–Crippen MR) is 97.3 cm³/mol. The molecule has 2 heterocycles. The largest absolute Gasteiger partial charge is 0.481 e. The molecule has 1 saturated carbocycles. The van der Waals surface area contributed by atoms with E-state index in [1.165, 1.54) is 0 Å². The summed E-state index contributed by atoms with van der Waals surface area (Å²) in [6, 6.07) is 0. The topological polar surface area (TPSA) is 82.3 Å². The van der Waals surface area contributed by atoms with E-state index in [2.05, 4.69) is 16.1 Å². The highest BCUT2D eigenvalue weighted by Gasteiger charge is 2.41. The molecule has 1 aliphatic carbocycles. The van der Waals surface area contributed by atoms with Gasteiger partial charge in [0.2, 0.25) is 5.91 Å². The number of amides is 1. The molecule has 0 bridgehead atoms. The molecule has 0 radical (unpaired) electrons. The normalized spacial score (nSPS) is 27.7. The summed E-state index contributed by atoms with van der Waals surface area (Å²) in [5.41, 5.74) is -0.392. The number of piperidine rings is 1. The Labute approximate surface area is 155 Å². The van der Waals surface area contributed by atoms with Crippen LogP contribution in [-0.4, -0.2) is 40.6 Å². The maximum atomic E-state index is 12.5. The Morgan fingerprint density at radius 3 is 2.42 bits per heavy atom. The third-order valence-electron chi connectivity index (χ3n) is 6.43. The van der Waals surface area contributed by atoms with Gasteiger partial charge in [0.25, 0.3) is 0 Å². The number of carboxylic acids is 1. The van der Waals surface area contributed by atoms with Crippen molar-refractivity contribution in [3.63, 3.8) is 0 Å². The monoisotopic (exact) mass is 359 g/mol. The van der Waals surface area contributed by atoms with Crippen LogP contribution in [0.4, 0.5) is 0 Å². The van der Waals surface area contributed by atoms with Crippen LogP contribution in [0.25, 0.3) is 0 Å². The number of carbonyl (C=O) groups is 2.